The van der Waals surface area contributed by atoms with Crippen molar-refractivity contribution in [1.29, 1.82) is 0 Å². The van der Waals surface area contributed by atoms with Crippen LogP contribution in [0, 0.1) is 0 Å². The van der Waals surface area contributed by atoms with Gasteiger partial charge in [0.2, 0.25) is 0 Å². The van der Waals surface area contributed by atoms with E-state index in [0.717, 1.165) is 44.2 Å². The van der Waals surface area contributed by atoms with Crippen LogP contribution in [0.25, 0.3) is 11.1 Å². The van der Waals surface area contributed by atoms with Crippen LogP contribution in [0.3, 0.4) is 0 Å². The molecule has 166 valence electrons. The first-order valence-electron chi connectivity index (χ1n) is 10.5. The van der Waals surface area contributed by atoms with Gasteiger partial charge in [0, 0.05) is 0 Å². The maximum atomic E-state index is 14.2. The minimum Gasteiger partial charge on any atom is -0.166 e. The van der Waals surface area contributed by atoms with Crippen LogP contribution in [-0.4, -0.2) is 0 Å². The molecule has 0 aliphatic heterocycles. The predicted molar refractivity (Wildman–Crippen MR) is 108 cm³/mol. The summed E-state index contributed by atoms with van der Waals surface area (Å²) in [4.78, 5) is 0. The van der Waals surface area contributed by atoms with Gasteiger partial charge in [-0.3, -0.25) is 0 Å². The van der Waals surface area contributed by atoms with Gasteiger partial charge >= 0.3 is 12.4 Å². The standard InChI is InChI=1S/C24H28F6/c1-3-5-7-11-17-15-16-20(19-13-9-10-14-21(19)23(25,26)27)22(24(28,29)30)18(17)12-8-6-4-2/h9-10,13-16H,3-8,11-12H2,1-2H3. The molecule has 0 radical (unpaired) electrons. The topological polar surface area (TPSA) is 0 Å². The van der Waals surface area contributed by atoms with Gasteiger partial charge in [-0.15, -0.1) is 0 Å². The molecule has 0 heterocycles. The first kappa shape index (κ1) is 24.3. The van der Waals surface area contributed by atoms with Crippen LogP contribution >= 0.6 is 0 Å². The quantitative estimate of drug-likeness (QED) is 0.275. The van der Waals surface area contributed by atoms with Gasteiger partial charge in [0.15, 0.2) is 0 Å². The third-order valence-corrected chi connectivity index (χ3v) is 5.30. The van der Waals surface area contributed by atoms with Crippen molar-refractivity contribution in [3.05, 3.63) is 58.7 Å². The second-order valence-corrected chi connectivity index (χ2v) is 7.58. The van der Waals surface area contributed by atoms with Crippen molar-refractivity contribution in [1.82, 2.24) is 0 Å². The molecule has 2 aromatic rings. The molecule has 0 aromatic heterocycles. The van der Waals surface area contributed by atoms with Crippen LogP contribution in [0.2, 0.25) is 0 Å². The normalized spacial score (nSPS) is 12.4. The smallest absolute Gasteiger partial charge is 0.166 e. The summed E-state index contributed by atoms with van der Waals surface area (Å²) in [5.41, 5.74) is -2.02. The largest absolute Gasteiger partial charge is 0.417 e. The van der Waals surface area contributed by atoms with E-state index in [2.05, 4.69) is 0 Å². The number of rotatable bonds is 9. The molecule has 0 atom stereocenters. The highest BCUT2D eigenvalue weighted by Gasteiger charge is 2.40. The van der Waals surface area contributed by atoms with E-state index in [1.165, 1.54) is 18.2 Å². The van der Waals surface area contributed by atoms with E-state index in [1.54, 1.807) is 6.07 Å². The Morgan fingerprint density at radius 2 is 1.23 bits per heavy atom. The number of halogens is 6. The number of hydrogen-bond donors (Lipinski definition) is 0. The number of alkyl halides is 6. The highest BCUT2D eigenvalue weighted by molar-refractivity contribution is 5.74. The van der Waals surface area contributed by atoms with E-state index >= 15 is 0 Å². The lowest BCUT2D eigenvalue weighted by molar-refractivity contribution is -0.139. The van der Waals surface area contributed by atoms with E-state index < -0.39 is 29.0 Å². The molecule has 0 fully saturated rings. The maximum Gasteiger partial charge on any atom is 0.417 e. The van der Waals surface area contributed by atoms with Crippen molar-refractivity contribution in [3.8, 4) is 11.1 Å². The van der Waals surface area contributed by atoms with Gasteiger partial charge in [-0.05, 0) is 54.0 Å². The lowest BCUT2D eigenvalue weighted by Gasteiger charge is -2.23. The molecule has 30 heavy (non-hydrogen) atoms. The van der Waals surface area contributed by atoms with Gasteiger partial charge in [0.25, 0.3) is 0 Å². The molecule has 2 rings (SSSR count). The highest BCUT2D eigenvalue weighted by Crippen LogP contribution is 2.45. The van der Waals surface area contributed by atoms with Crippen molar-refractivity contribution in [2.45, 2.75) is 77.6 Å². The second-order valence-electron chi connectivity index (χ2n) is 7.58. The lowest BCUT2D eigenvalue weighted by Crippen LogP contribution is -2.16. The summed E-state index contributed by atoms with van der Waals surface area (Å²) in [7, 11) is 0. The van der Waals surface area contributed by atoms with E-state index in [-0.39, 0.29) is 17.5 Å². The molecule has 0 bridgehead atoms. The Hall–Kier alpha value is -1.98. The first-order chi connectivity index (χ1) is 14.1. The number of aryl methyl sites for hydroxylation is 1. The van der Waals surface area contributed by atoms with Crippen LogP contribution in [0.1, 0.15) is 74.6 Å². The molecule has 0 saturated heterocycles. The number of benzene rings is 2. The molecule has 0 nitrogen and oxygen atoms in total. The molecule has 0 spiro atoms. The molecule has 0 aliphatic rings. The van der Waals surface area contributed by atoms with Crippen LogP contribution < -0.4 is 0 Å². The summed E-state index contributed by atoms with van der Waals surface area (Å²) in [6, 6.07) is 7.31. The summed E-state index contributed by atoms with van der Waals surface area (Å²) in [5, 5.41) is 0. The summed E-state index contributed by atoms with van der Waals surface area (Å²) >= 11 is 0. The van der Waals surface area contributed by atoms with Crippen molar-refractivity contribution in [3.63, 3.8) is 0 Å². The van der Waals surface area contributed by atoms with E-state index in [9.17, 15) is 26.3 Å². The molecular formula is C24H28F6. The molecule has 0 aliphatic carbocycles. The van der Waals surface area contributed by atoms with Gasteiger partial charge in [0.05, 0.1) is 11.1 Å². The van der Waals surface area contributed by atoms with Gasteiger partial charge in [-0.25, -0.2) is 0 Å². The Balaban J connectivity index is 2.71. The first-order valence-corrected chi connectivity index (χ1v) is 10.5. The Kier molecular flexibility index (Phi) is 8.39. The van der Waals surface area contributed by atoms with Crippen LogP contribution in [0.4, 0.5) is 26.3 Å². The zero-order valence-electron chi connectivity index (χ0n) is 17.4. The SMILES string of the molecule is CCCCCc1ccc(-c2ccccc2C(F)(F)F)c(C(F)(F)F)c1CCCCC. The fourth-order valence-electron chi connectivity index (χ4n) is 3.84. The van der Waals surface area contributed by atoms with Crippen LogP contribution in [0.5, 0.6) is 0 Å². The molecule has 2 aromatic carbocycles. The minimum absolute atomic E-state index is 0.154. The van der Waals surface area contributed by atoms with Crippen molar-refractivity contribution < 1.29 is 26.3 Å². The molecular weight excluding hydrogens is 402 g/mol. The average Bonchev–Trinajstić information content (AvgIpc) is 2.67. The summed E-state index contributed by atoms with van der Waals surface area (Å²) < 4.78 is 83.2. The van der Waals surface area contributed by atoms with Crippen LogP contribution in [-0.2, 0) is 25.2 Å². The third kappa shape index (κ3) is 6.02. The van der Waals surface area contributed by atoms with Crippen molar-refractivity contribution in [2.75, 3.05) is 0 Å². The second kappa shape index (κ2) is 10.4. The Bertz CT molecular complexity index is 817. The minimum atomic E-state index is -4.74. The Morgan fingerprint density at radius 3 is 1.80 bits per heavy atom. The molecule has 0 amide bonds. The molecule has 0 unspecified atom stereocenters. The van der Waals surface area contributed by atoms with Gasteiger partial charge < -0.3 is 0 Å². The Morgan fingerprint density at radius 1 is 0.633 bits per heavy atom. The van der Waals surface area contributed by atoms with Gasteiger partial charge in [-0.1, -0.05) is 69.9 Å². The fourth-order valence-corrected chi connectivity index (χ4v) is 3.84. The lowest BCUT2D eigenvalue weighted by atomic mass is 9.85. The fraction of sp³-hybridized carbons (Fsp3) is 0.500. The number of unbranched alkanes of at least 4 members (excludes halogenated alkanes) is 4. The summed E-state index contributed by atoms with van der Waals surface area (Å²) in [6.07, 6.45) is -3.97. The maximum absolute atomic E-state index is 14.2. The van der Waals surface area contributed by atoms with E-state index in [4.69, 9.17) is 0 Å². The zero-order chi connectivity index (χ0) is 22.4. The third-order valence-electron chi connectivity index (χ3n) is 5.30. The summed E-state index contributed by atoms with van der Waals surface area (Å²) in [5.74, 6) is 0. The zero-order valence-corrected chi connectivity index (χ0v) is 17.4. The van der Waals surface area contributed by atoms with Crippen LogP contribution in [0.15, 0.2) is 36.4 Å². The molecule has 0 N–H and O–H groups in total. The van der Waals surface area contributed by atoms with Gasteiger partial charge in [-0.2, -0.15) is 26.3 Å². The molecule has 6 heteroatoms. The van der Waals surface area contributed by atoms with Gasteiger partial charge in [0.1, 0.15) is 0 Å². The van der Waals surface area contributed by atoms with E-state index in [0.29, 0.717) is 18.4 Å². The monoisotopic (exact) mass is 430 g/mol. The van der Waals surface area contributed by atoms with Crippen molar-refractivity contribution >= 4 is 0 Å². The summed E-state index contributed by atoms with van der Waals surface area (Å²) in [6.45, 7) is 3.98. The highest BCUT2D eigenvalue weighted by atomic mass is 19.4. The Labute approximate surface area is 174 Å². The predicted octanol–water partition coefficient (Wildman–Crippen LogP) is 8.86. The van der Waals surface area contributed by atoms with Crippen molar-refractivity contribution in [2.24, 2.45) is 0 Å². The molecule has 0 saturated carbocycles. The average molecular weight is 430 g/mol. The number of hydrogen-bond acceptors (Lipinski definition) is 0. The van der Waals surface area contributed by atoms with E-state index in [1.807, 2.05) is 13.8 Å².